The third kappa shape index (κ3) is 11.4. The van der Waals surface area contributed by atoms with Crippen LogP contribution in [0.2, 0.25) is 0 Å². The predicted molar refractivity (Wildman–Crippen MR) is 159 cm³/mol. The number of halogens is 3. The zero-order valence-corrected chi connectivity index (χ0v) is 27.4. The summed E-state index contributed by atoms with van der Waals surface area (Å²) in [5.74, 6) is -3.86. The molecule has 0 aromatic rings. The number of nitrogens with one attached hydrogen (secondary N) is 1. The molecule has 17 heteroatoms. The van der Waals surface area contributed by atoms with Crippen molar-refractivity contribution in [1.29, 1.82) is 0 Å². The van der Waals surface area contributed by atoms with Gasteiger partial charge in [-0.1, -0.05) is 64.7 Å². The van der Waals surface area contributed by atoms with Crippen LogP contribution in [0.1, 0.15) is 84.5 Å². The molecular formula is C31H52F3NO13. The molecule has 3 aliphatic rings. The van der Waals surface area contributed by atoms with Crippen molar-refractivity contribution in [3.8, 4) is 0 Å². The summed E-state index contributed by atoms with van der Waals surface area (Å²) in [5.41, 5.74) is 0. The summed E-state index contributed by atoms with van der Waals surface area (Å²) < 4.78 is 69.3. The first-order valence-corrected chi connectivity index (χ1v) is 16.8. The number of ether oxygens (including phenoxy) is 5. The lowest BCUT2D eigenvalue weighted by atomic mass is 9.85. The van der Waals surface area contributed by atoms with Crippen molar-refractivity contribution in [2.24, 2.45) is 5.92 Å². The summed E-state index contributed by atoms with van der Waals surface area (Å²) in [4.78, 5) is 24.5. The smallest absolute Gasteiger partial charge is 0.471 e. The van der Waals surface area contributed by atoms with Gasteiger partial charge in [-0.2, -0.15) is 13.2 Å². The molecule has 1 saturated carbocycles. The van der Waals surface area contributed by atoms with E-state index >= 15 is 0 Å². The molecule has 1 amide bonds. The number of amides is 1. The molecule has 3 fully saturated rings. The third-order valence-electron chi connectivity index (χ3n) is 9.24. The van der Waals surface area contributed by atoms with Crippen molar-refractivity contribution < 1.29 is 77.1 Å². The second kappa shape index (κ2) is 19.1. The molecule has 0 radical (unpaired) electrons. The van der Waals surface area contributed by atoms with Crippen LogP contribution in [-0.4, -0.2) is 135 Å². The van der Waals surface area contributed by atoms with Crippen LogP contribution in [0.15, 0.2) is 0 Å². The van der Waals surface area contributed by atoms with Crippen molar-refractivity contribution >= 4 is 11.9 Å². The minimum absolute atomic E-state index is 0.0191. The first-order chi connectivity index (χ1) is 22.7. The van der Waals surface area contributed by atoms with Gasteiger partial charge in [-0.15, -0.1) is 0 Å². The fraction of sp³-hybridized carbons (Fsp3) is 0.935. The van der Waals surface area contributed by atoms with Crippen molar-refractivity contribution in [2.45, 2.75) is 164 Å². The zero-order chi connectivity index (χ0) is 35.6. The van der Waals surface area contributed by atoms with Crippen LogP contribution in [0.5, 0.6) is 0 Å². The van der Waals surface area contributed by atoms with Crippen LogP contribution < -0.4 is 5.32 Å². The van der Waals surface area contributed by atoms with E-state index in [1.807, 2.05) is 6.92 Å². The average Bonchev–Trinajstić information content (AvgIpc) is 3.04. The first kappa shape index (κ1) is 40.8. The maximum absolute atomic E-state index is 13.5. The van der Waals surface area contributed by atoms with Crippen molar-refractivity contribution in [3.05, 3.63) is 0 Å². The third-order valence-corrected chi connectivity index (χ3v) is 9.24. The van der Waals surface area contributed by atoms with E-state index in [-0.39, 0.29) is 25.4 Å². The lowest BCUT2D eigenvalue weighted by molar-refractivity contribution is -0.316. The van der Waals surface area contributed by atoms with Crippen molar-refractivity contribution in [3.63, 3.8) is 0 Å². The van der Waals surface area contributed by atoms with Crippen LogP contribution in [0.25, 0.3) is 0 Å². The highest BCUT2D eigenvalue weighted by Gasteiger charge is 2.52. The number of carboxylic acid groups (broad SMARTS) is 1. The Hall–Kier alpha value is -1.67. The number of rotatable bonds is 17. The summed E-state index contributed by atoms with van der Waals surface area (Å²) in [7, 11) is 0. The molecular weight excluding hydrogens is 651 g/mol. The lowest BCUT2D eigenvalue weighted by Gasteiger charge is -2.46. The number of carbonyl (C=O) groups is 2. The fourth-order valence-electron chi connectivity index (χ4n) is 6.39. The predicted octanol–water partition coefficient (Wildman–Crippen LogP) is 1.12. The normalized spacial score (nSPS) is 34.8. The van der Waals surface area contributed by atoms with Gasteiger partial charge in [-0.25, -0.2) is 4.79 Å². The van der Waals surface area contributed by atoms with Crippen LogP contribution in [-0.2, 0) is 33.3 Å². The van der Waals surface area contributed by atoms with E-state index in [0.29, 0.717) is 6.42 Å². The van der Waals surface area contributed by atoms with Crippen molar-refractivity contribution in [2.75, 3.05) is 13.2 Å². The number of carboxylic acids is 1. The highest BCUT2D eigenvalue weighted by atomic mass is 19.4. The van der Waals surface area contributed by atoms with Gasteiger partial charge in [0.25, 0.3) is 0 Å². The molecule has 12 atom stereocenters. The molecule has 0 bridgehead atoms. The van der Waals surface area contributed by atoms with Gasteiger partial charge in [0.2, 0.25) is 0 Å². The van der Waals surface area contributed by atoms with Crippen LogP contribution >= 0.6 is 0 Å². The van der Waals surface area contributed by atoms with E-state index in [4.69, 9.17) is 23.7 Å². The second-order valence-corrected chi connectivity index (χ2v) is 13.0. The minimum atomic E-state index is -5.37. The largest absolute Gasteiger partial charge is 0.479 e. The number of hydrogen-bond acceptors (Lipinski definition) is 12. The molecule has 0 aromatic heterocycles. The maximum Gasteiger partial charge on any atom is 0.471 e. The number of aliphatic hydroxyl groups is 5. The molecule has 7 N–H and O–H groups in total. The second-order valence-electron chi connectivity index (χ2n) is 13.0. The number of unbranched alkanes of at least 4 members (excludes halogenated alkanes) is 3. The van der Waals surface area contributed by atoms with E-state index in [0.717, 1.165) is 51.4 Å². The molecule has 4 unspecified atom stereocenters. The Morgan fingerprint density at radius 3 is 2.21 bits per heavy atom. The van der Waals surface area contributed by atoms with E-state index in [9.17, 15) is 53.4 Å². The Balaban J connectivity index is 1.89. The summed E-state index contributed by atoms with van der Waals surface area (Å²) in [6.45, 7) is 2.24. The summed E-state index contributed by atoms with van der Waals surface area (Å²) in [6, 6.07) is -1.89. The van der Waals surface area contributed by atoms with Crippen LogP contribution in [0.4, 0.5) is 13.2 Å². The Morgan fingerprint density at radius 2 is 1.60 bits per heavy atom. The highest BCUT2D eigenvalue weighted by molar-refractivity contribution is 5.82. The summed E-state index contributed by atoms with van der Waals surface area (Å²) in [5, 5.41) is 63.4. The maximum atomic E-state index is 13.5. The van der Waals surface area contributed by atoms with E-state index in [1.165, 1.54) is 6.92 Å². The van der Waals surface area contributed by atoms with E-state index in [2.05, 4.69) is 0 Å². The van der Waals surface area contributed by atoms with Crippen LogP contribution in [0, 0.1) is 5.92 Å². The first-order valence-electron chi connectivity index (χ1n) is 16.8. The van der Waals surface area contributed by atoms with Crippen LogP contribution in [0.3, 0.4) is 0 Å². The molecule has 48 heavy (non-hydrogen) atoms. The molecule has 2 aliphatic heterocycles. The Morgan fingerprint density at radius 1 is 0.917 bits per heavy atom. The lowest BCUT2D eigenvalue weighted by Crippen LogP contribution is -2.67. The molecule has 0 aromatic carbocycles. The molecule has 1 aliphatic carbocycles. The number of hydrogen-bond donors (Lipinski definition) is 7. The van der Waals surface area contributed by atoms with Gasteiger partial charge >= 0.3 is 18.1 Å². The van der Waals surface area contributed by atoms with Gasteiger partial charge in [0.1, 0.15) is 42.7 Å². The van der Waals surface area contributed by atoms with E-state index in [1.54, 1.807) is 5.32 Å². The molecule has 280 valence electrons. The number of alkyl halides is 3. The summed E-state index contributed by atoms with van der Waals surface area (Å²) >= 11 is 0. The topological polar surface area (TPSA) is 214 Å². The van der Waals surface area contributed by atoms with Crippen molar-refractivity contribution in [1.82, 2.24) is 5.32 Å². The Kier molecular flexibility index (Phi) is 16.2. The van der Waals surface area contributed by atoms with Gasteiger partial charge in [0.15, 0.2) is 18.7 Å². The summed E-state index contributed by atoms with van der Waals surface area (Å²) in [6.07, 6.45) is -14.3. The van der Waals surface area contributed by atoms with Gasteiger partial charge in [-0.3, -0.25) is 4.79 Å². The zero-order valence-electron chi connectivity index (χ0n) is 27.4. The molecule has 14 nitrogen and oxygen atoms in total. The van der Waals surface area contributed by atoms with Gasteiger partial charge in [0, 0.05) is 0 Å². The number of aliphatic hydroxyl groups excluding tert-OH is 5. The van der Waals surface area contributed by atoms with Gasteiger partial charge < -0.3 is 59.6 Å². The Bertz CT molecular complexity index is 988. The standard InChI is InChI=1S/C31H52F3NO13/c1-3-4-5-9-12-18(15-44-29-25(40)24(39)22(37)16(2)45-29)46-28-21(35-30(43)31(32,33)34)26(23(38)20(14-36)48-28)47-19(27(41)42)13-17-10-7-6-8-11-17/h16-26,28-29,36-40H,3-15H2,1-2H3,(H,35,43)(H,41,42)/t16-,18+,19-,20-,21?,22?,23-,24-,25-,26?,28+,29?/m0/s1. The van der Waals surface area contributed by atoms with Gasteiger partial charge in [-0.05, 0) is 25.7 Å². The molecule has 0 spiro atoms. The highest BCUT2D eigenvalue weighted by Crippen LogP contribution is 2.33. The minimum Gasteiger partial charge on any atom is -0.479 e. The Labute approximate surface area is 277 Å². The van der Waals surface area contributed by atoms with Gasteiger partial charge in [0.05, 0.1) is 25.4 Å². The molecule has 2 heterocycles. The SMILES string of the molecule is CCCCCC[C@H](COC1O[C@@H](C)C(O)[C@H](O)[C@@H]1O)O[C@@H]1O[C@@H](CO)[C@H](O)C(O[C@@H](CC2CCCCC2)C(=O)O)C1NC(=O)C(F)(F)F. The van der Waals surface area contributed by atoms with E-state index < -0.39 is 98.2 Å². The quantitative estimate of drug-likeness (QED) is 0.106. The fourth-order valence-corrected chi connectivity index (χ4v) is 6.39. The molecule has 3 rings (SSSR count). The monoisotopic (exact) mass is 703 g/mol. The average molecular weight is 704 g/mol. The number of aliphatic carboxylic acids is 1. The number of carbonyl (C=O) groups excluding carboxylic acids is 1. The molecule has 2 saturated heterocycles.